The van der Waals surface area contributed by atoms with Crippen LogP contribution in [-0.2, 0) is 0 Å². The van der Waals surface area contributed by atoms with Gasteiger partial charge in [-0.1, -0.05) is 41.2 Å². The van der Waals surface area contributed by atoms with E-state index in [-0.39, 0.29) is 7.43 Å². The van der Waals surface area contributed by atoms with Crippen molar-refractivity contribution in [2.45, 2.75) is 82.6 Å². The van der Waals surface area contributed by atoms with Crippen molar-refractivity contribution in [3.05, 3.63) is 33.9 Å². The summed E-state index contributed by atoms with van der Waals surface area (Å²) in [7, 11) is 0. The van der Waals surface area contributed by atoms with Crippen LogP contribution in [0, 0.1) is 58.3 Å². The minimum Gasteiger partial charge on any atom is -0.0776 e. The molecule has 0 amide bonds. The van der Waals surface area contributed by atoms with Crippen molar-refractivity contribution in [3.8, 4) is 0 Å². The summed E-state index contributed by atoms with van der Waals surface area (Å²) < 4.78 is 0. The molecule has 0 heteroatoms. The van der Waals surface area contributed by atoms with Crippen molar-refractivity contribution in [2.75, 3.05) is 0 Å². The SMILES string of the molecule is C.CC1CC(C)C(C)CC1C.Cc1cc(C)c(C)c(C)c1C. The monoisotopic (exact) mass is 304 g/mol. The van der Waals surface area contributed by atoms with E-state index in [0.717, 1.165) is 23.7 Å². The fourth-order valence-electron chi connectivity index (χ4n) is 3.52. The Bertz CT molecular complexity index is 417. The first kappa shape index (κ1) is 21.2. The molecule has 0 radical (unpaired) electrons. The molecule has 0 bridgehead atoms. The average Bonchev–Trinajstić information content (AvgIpc) is 2.42. The van der Waals surface area contributed by atoms with Gasteiger partial charge in [-0.25, -0.2) is 0 Å². The molecular formula is C22H40. The van der Waals surface area contributed by atoms with Crippen LogP contribution in [-0.4, -0.2) is 0 Å². The van der Waals surface area contributed by atoms with Gasteiger partial charge in [0, 0.05) is 0 Å². The standard InChI is InChI=1S/C11H16.C10H20.CH4/c1-7-6-8(2)10(4)11(5)9(7)3;1-7-5-9(3)10(4)6-8(7)2;/h6H,1-5H3;7-10H,5-6H2,1-4H3;1H4. The number of hydrogen-bond donors (Lipinski definition) is 0. The number of aryl methyl sites for hydroxylation is 2. The zero-order valence-corrected chi connectivity index (χ0v) is 15.8. The molecule has 0 heterocycles. The lowest BCUT2D eigenvalue weighted by Gasteiger charge is -2.35. The third-order valence-electron chi connectivity index (χ3n) is 6.17. The molecule has 2 rings (SSSR count). The molecule has 4 unspecified atom stereocenters. The third-order valence-corrected chi connectivity index (χ3v) is 6.17. The Kier molecular flexibility index (Phi) is 8.44. The molecule has 0 spiro atoms. The van der Waals surface area contributed by atoms with Gasteiger partial charge in [-0.2, -0.15) is 0 Å². The molecular weight excluding hydrogens is 264 g/mol. The summed E-state index contributed by atoms with van der Waals surface area (Å²) in [5.41, 5.74) is 7.14. The van der Waals surface area contributed by atoms with Crippen molar-refractivity contribution in [2.24, 2.45) is 23.7 Å². The van der Waals surface area contributed by atoms with Gasteiger partial charge in [0.15, 0.2) is 0 Å². The molecule has 0 saturated heterocycles. The smallest absolute Gasteiger partial charge is 0.0392 e. The zero-order chi connectivity index (χ0) is 16.3. The predicted molar refractivity (Wildman–Crippen MR) is 103 cm³/mol. The van der Waals surface area contributed by atoms with E-state index in [2.05, 4.69) is 68.4 Å². The average molecular weight is 305 g/mol. The highest BCUT2D eigenvalue weighted by atomic mass is 14.3. The van der Waals surface area contributed by atoms with Crippen LogP contribution in [0.3, 0.4) is 0 Å². The second-order valence-corrected chi connectivity index (χ2v) is 7.77. The van der Waals surface area contributed by atoms with E-state index in [1.165, 1.54) is 40.7 Å². The van der Waals surface area contributed by atoms with Gasteiger partial charge >= 0.3 is 0 Å². The highest BCUT2D eigenvalue weighted by Crippen LogP contribution is 2.36. The Morgan fingerprint density at radius 2 is 0.864 bits per heavy atom. The summed E-state index contributed by atoms with van der Waals surface area (Å²) in [6.07, 6.45) is 2.89. The van der Waals surface area contributed by atoms with E-state index in [0.29, 0.717) is 0 Å². The van der Waals surface area contributed by atoms with E-state index in [1.54, 1.807) is 0 Å². The van der Waals surface area contributed by atoms with Crippen LogP contribution in [0.25, 0.3) is 0 Å². The summed E-state index contributed by atoms with van der Waals surface area (Å²) >= 11 is 0. The summed E-state index contributed by atoms with van der Waals surface area (Å²) in [4.78, 5) is 0. The highest BCUT2D eigenvalue weighted by Gasteiger charge is 2.26. The molecule has 22 heavy (non-hydrogen) atoms. The van der Waals surface area contributed by atoms with Gasteiger partial charge in [0.1, 0.15) is 0 Å². The van der Waals surface area contributed by atoms with Gasteiger partial charge in [-0.3, -0.25) is 0 Å². The van der Waals surface area contributed by atoms with Gasteiger partial charge in [0.25, 0.3) is 0 Å². The third kappa shape index (κ3) is 5.14. The van der Waals surface area contributed by atoms with Crippen molar-refractivity contribution in [1.29, 1.82) is 0 Å². The highest BCUT2D eigenvalue weighted by molar-refractivity contribution is 5.42. The Morgan fingerprint density at radius 1 is 0.591 bits per heavy atom. The molecule has 1 aromatic rings. The summed E-state index contributed by atoms with van der Waals surface area (Å²) in [6.45, 7) is 20.5. The van der Waals surface area contributed by atoms with Gasteiger partial charge in [0.2, 0.25) is 0 Å². The first-order valence-electron chi connectivity index (χ1n) is 8.69. The molecule has 0 N–H and O–H groups in total. The maximum Gasteiger partial charge on any atom is -0.0392 e. The largest absolute Gasteiger partial charge is 0.0776 e. The Hall–Kier alpha value is -0.780. The normalized spacial score (nSPS) is 27.5. The van der Waals surface area contributed by atoms with Gasteiger partial charge < -0.3 is 0 Å². The molecule has 1 fully saturated rings. The maximum atomic E-state index is 2.40. The Labute approximate surface area is 140 Å². The molecule has 1 saturated carbocycles. The van der Waals surface area contributed by atoms with Crippen LogP contribution < -0.4 is 0 Å². The van der Waals surface area contributed by atoms with Crippen molar-refractivity contribution >= 4 is 0 Å². The molecule has 1 aromatic carbocycles. The van der Waals surface area contributed by atoms with E-state index in [4.69, 9.17) is 0 Å². The van der Waals surface area contributed by atoms with Gasteiger partial charge in [0.05, 0.1) is 0 Å². The number of rotatable bonds is 0. The van der Waals surface area contributed by atoms with E-state index in [1.807, 2.05) is 0 Å². The Morgan fingerprint density at radius 3 is 1.14 bits per heavy atom. The summed E-state index contributed by atoms with van der Waals surface area (Å²) in [6, 6.07) is 2.26. The molecule has 1 aliphatic carbocycles. The first-order chi connectivity index (χ1) is 9.65. The van der Waals surface area contributed by atoms with Crippen LogP contribution in [0.15, 0.2) is 6.07 Å². The number of benzene rings is 1. The fourth-order valence-corrected chi connectivity index (χ4v) is 3.52. The van der Waals surface area contributed by atoms with Crippen LogP contribution in [0.1, 0.15) is 75.8 Å². The van der Waals surface area contributed by atoms with E-state index in [9.17, 15) is 0 Å². The maximum absolute atomic E-state index is 2.40. The molecule has 1 aliphatic rings. The lowest BCUT2D eigenvalue weighted by molar-refractivity contribution is 0.157. The Balaban J connectivity index is 0.000000385. The minimum atomic E-state index is 0. The van der Waals surface area contributed by atoms with E-state index >= 15 is 0 Å². The van der Waals surface area contributed by atoms with Crippen molar-refractivity contribution in [3.63, 3.8) is 0 Å². The first-order valence-corrected chi connectivity index (χ1v) is 8.69. The quantitative estimate of drug-likeness (QED) is 0.476. The molecule has 128 valence electrons. The van der Waals surface area contributed by atoms with Crippen LogP contribution in [0.4, 0.5) is 0 Å². The van der Waals surface area contributed by atoms with Crippen molar-refractivity contribution < 1.29 is 0 Å². The fraction of sp³-hybridized carbons (Fsp3) is 0.727. The van der Waals surface area contributed by atoms with Crippen LogP contribution >= 0.6 is 0 Å². The second-order valence-electron chi connectivity index (χ2n) is 7.77. The molecule has 0 nitrogen and oxygen atoms in total. The summed E-state index contributed by atoms with van der Waals surface area (Å²) in [5, 5.41) is 0. The summed E-state index contributed by atoms with van der Waals surface area (Å²) in [5.74, 6) is 3.86. The van der Waals surface area contributed by atoms with Crippen molar-refractivity contribution in [1.82, 2.24) is 0 Å². The lowest BCUT2D eigenvalue weighted by atomic mass is 9.71. The predicted octanol–water partition coefficient (Wildman–Crippen LogP) is 7.19. The minimum absolute atomic E-state index is 0. The number of hydrogen-bond acceptors (Lipinski definition) is 0. The lowest BCUT2D eigenvalue weighted by Crippen LogP contribution is -2.25. The van der Waals surface area contributed by atoms with Crippen LogP contribution in [0.5, 0.6) is 0 Å². The van der Waals surface area contributed by atoms with Crippen LogP contribution in [0.2, 0.25) is 0 Å². The molecule has 4 atom stereocenters. The topological polar surface area (TPSA) is 0 Å². The second kappa shape index (κ2) is 8.75. The van der Waals surface area contributed by atoms with Gasteiger partial charge in [-0.05, 0) is 98.9 Å². The van der Waals surface area contributed by atoms with E-state index < -0.39 is 0 Å². The molecule has 0 aliphatic heterocycles. The molecule has 0 aromatic heterocycles. The van der Waals surface area contributed by atoms with Gasteiger partial charge in [-0.15, -0.1) is 0 Å². The zero-order valence-electron chi connectivity index (χ0n) is 15.8.